The second-order valence-corrected chi connectivity index (χ2v) is 5.74. The van der Waals surface area contributed by atoms with Crippen LogP contribution in [0, 0.1) is 5.92 Å². The summed E-state index contributed by atoms with van der Waals surface area (Å²) in [6.45, 7) is 0. The smallest absolute Gasteiger partial charge is 0.169 e. The Labute approximate surface area is 122 Å². The van der Waals surface area contributed by atoms with Crippen molar-refractivity contribution in [2.45, 2.75) is 32.1 Å². The van der Waals surface area contributed by atoms with E-state index in [-0.39, 0.29) is 11.7 Å². The normalized spacial score (nSPS) is 16.2. The molecule has 0 saturated heterocycles. The van der Waals surface area contributed by atoms with Gasteiger partial charge in [-0.3, -0.25) is 4.79 Å². The van der Waals surface area contributed by atoms with Crippen molar-refractivity contribution in [3.8, 4) is 11.5 Å². The number of ether oxygens (including phenoxy) is 2. The molecular formula is C15H19BrO3. The molecule has 0 atom stereocenters. The third kappa shape index (κ3) is 3.11. The molecule has 0 spiro atoms. The summed E-state index contributed by atoms with van der Waals surface area (Å²) in [5, 5.41) is 0. The summed E-state index contributed by atoms with van der Waals surface area (Å²) in [5.74, 6) is 1.60. The van der Waals surface area contributed by atoms with Crippen molar-refractivity contribution in [2.24, 2.45) is 5.92 Å². The summed E-state index contributed by atoms with van der Waals surface area (Å²) in [6, 6.07) is 3.58. The van der Waals surface area contributed by atoms with Gasteiger partial charge in [0.2, 0.25) is 0 Å². The quantitative estimate of drug-likeness (QED) is 0.777. The van der Waals surface area contributed by atoms with Gasteiger partial charge in [0, 0.05) is 5.92 Å². The molecule has 1 aromatic carbocycles. The van der Waals surface area contributed by atoms with Crippen LogP contribution in [0.2, 0.25) is 0 Å². The molecule has 2 rings (SSSR count). The molecule has 0 radical (unpaired) electrons. The molecule has 0 aromatic heterocycles. The number of rotatable bonds is 4. The highest BCUT2D eigenvalue weighted by molar-refractivity contribution is 9.10. The van der Waals surface area contributed by atoms with Crippen LogP contribution in [0.15, 0.2) is 16.6 Å². The molecule has 0 heterocycles. The lowest BCUT2D eigenvalue weighted by Gasteiger charge is -2.21. The predicted octanol–water partition coefficient (Wildman–Crippen LogP) is 4.23. The minimum absolute atomic E-state index is 0.133. The summed E-state index contributed by atoms with van der Waals surface area (Å²) in [6.07, 6.45) is 5.50. The van der Waals surface area contributed by atoms with Crippen molar-refractivity contribution in [3.63, 3.8) is 0 Å². The highest BCUT2D eigenvalue weighted by Gasteiger charge is 2.25. The summed E-state index contributed by atoms with van der Waals surface area (Å²) in [4.78, 5) is 12.6. The van der Waals surface area contributed by atoms with Crippen molar-refractivity contribution in [2.75, 3.05) is 14.2 Å². The van der Waals surface area contributed by atoms with E-state index in [9.17, 15) is 4.79 Å². The van der Waals surface area contributed by atoms with Crippen LogP contribution in [0.1, 0.15) is 42.5 Å². The average molecular weight is 327 g/mol. The van der Waals surface area contributed by atoms with Crippen LogP contribution in [0.3, 0.4) is 0 Å². The first kappa shape index (κ1) is 14.4. The van der Waals surface area contributed by atoms with E-state index >= 15 is 0 Å². The molecule has 0 aliphatic heterocycles. The van der Waals surface area contributed by atoms with Crippen LogP contribution in [-0.4, -0.2) is 20.0 Å². The second-order valence-electron chi connectivity index (χ2n) is 4.89. The van der Waals surface area contributed by atoms with Crippen LogP contribution < -0.4 is 9.47 Å². The summed E-state index contributed by atoms with van der Waals surface area (Å²) in [5.41, 5.74) is 0.634. The number of hydrogen-bond acceptors (Lipinski definition) is 3. The van der Waals surface area contributed by atoms with Gasteiger partial charge in [-0.1, -0.05) is 19.3 Å². The maximum atomic E-state index is 12.6. The van der Waals surface area contributed by atoms with Gasteiger partial charge in [-0.05, 0) is 40.9 Å². The van der Waals surface area contributed by atoms with Crippen LogP contribution in [0.25, 0.3) is 0 Å². The number of carbonyl (C=O) groups is 1. The summed E-state index contributed by atoms with van der Waals surface area (Å²) in [7, 11) is 3.19. The van der Waals surface area contributed by atoms with Crippen molar-refractivity contribution < 1.29 is 14.3 Å². The van der Waals surface area contributed by atoms with Crippen molar-refractivity contribution in [1.29, 1.82) is 0 Å². The average Bonchev–Trinajstić information content (AvgIpc) is 2.47. The first-order valence-corrected chi connectivity index (χ1v) is 7.42. The van der Waals surface area contributed by atoms with E-state index in [1.807, 2.05) is 0 Å². The van der Waals surface area contributed by atoms with Crippen LogP contribution in [-0.2, 0) is 0 Å². The van der Waals surface area contributed by atoms with Gasteiger partial charge in [0.1, 0.15) is 11.5 Å². The van der Waals surface area contributed by atoms with Crippen molar-refractivity contribution in [1.82, 2.24) is 0 Å². The molecule has 0 bridgehead atoms. The summed E-state index contributed by atoms with van der Waals surface area (Å²) >= 11 is 3.41. The van der Waals surface area contributed by atoms with Gasteiger partial charge in [-0.2, -0.15) is 0 Å². The highest BCUT2D eigenvalue weighted by Crippen LogP contribution is 2.36. The third-order valence-electron chi connectivity index (χ3n) is 3.72. The Kier molecular flexibility index (Phi) is 4.86. The Morgan fingerprint density at radius 2 is 1.74 bits per heavy atom. The molecule has 1 fully saturated rings. The number of hydrogen-bond donors (Lipinski definition) is 0. The van der Waals surface area contributed by atoms with Gasteiger partial charge in [0.15, 0.2) is 5.78 Å². The Balaban J connectivity index is 2.33. The van der Waals surface area contributed by atoms with E-state index in [4.69, 9.17) is 9.47 Å². The molecule has 0 N–H and O–H groups in total. The van der Waals surface area contributed by atoms with E-state index in [2.05, 4.69) is 15.9 Å². The Morgan fingerprint density at radius 3 is 2.32 bits per heavy atom. The van der Waals surface area contributed by atoms with Gasteiger partial charge in [0.05, 0.1) is 24.3 Å². The summed E-state index contributed by atoms with van der Waals surface area (Å²) < 4.78 is 11.4. The fraction of sp³-hybridized carbons (Fsp3) is 0.533. The van der Waals surface area contributed by atoms with Gasteiger partial charge in [0.25, 0.3) is 0 Å². The highest BCUT2D eigenvalue weighted by atomic mass is 79.9. The minimum Gasteiger partial charge on any atom is -0.496 e. The van der Waals surface area contributed by atoms with E-state index in [1.54, 1.807) is 26.4 Å². The molecule has 1 aliphatic rings. The molecule has 4 heteroatoms. The van der Waals surface area contributed by atoms with Crippen molar-refractivity contribution >= 4 is 21.7 Å². The lowest BCUT2D eigenvalue weighted by molar-refractivity contribution is 0.0886. The van der Waals surface area contributed by atoms with Gasteiger partial charge < -0.3 is 9.47 Å². The SMILES string of the molecule is COc1cc(C(=O)C2CCCCC2)c(OC)cc1Br. The number of halogens is 1. The molecule has 1 aliphatic carbocycles. The monoisotopic (exact) mass is 326 g/mol. The molecule has 19 heavy (non-hydrogen) atoms. The first-order valence-electron chi connectivity index (χ1n) is 6.63. The van der Waals surface area contributed by atoms with Crippen LogP contribution >= 0.6 is 15.9 Å². The molecule has 3 nitrogen and oxygen atoms in total. The zero-order valence-electron chi connectivity index (χ0n) is 11.4. The van der Waals surface area contributed by atoms with Gasteiger partial charge in [-0.25, -0.2) is 0 Å². The molecule has 0 amide bonds. The van der Waals surface area contributed by atoms with E-state index in [0.717, 1.165) is 30.2 Å². The Morgan fingerprint density at radius 1 is 1.11 bits per heavy atom. The topological polar surface area (TPSA) is 35.5 Å². The minimum atomic E-state index is 0.133. The zero-order valence-corrected chi connectivity index (χ0v) is 13.0. The standard InChI is InChI=1S/C15H19BrO3/c1-18-13-9-12(16)14(19-2)8-11(13)15(17)10-6-4-3-5-7-10/h8-10H,3-7H2,1-2H3. The Bertz CT molecular complexity index is 465. The molecule has 1 aromatic rings. The first-order chi connectivity index (χ1) is 9.17. The number of ketones is 1. The third-order valence-corrected chi connectivity index (χ3v) is 4.34. The largest absolute Gasteiger partial charge is 0.496 e. The fourth-order valence-corrected chi connectivity index (χ4v) is 3.12. The number of Topliss-reactive ketones (excluding diaryl/α,β-unsaturated/α-hetero) is 1. The number of carbonyl (C=O) groups excluding carboxylic acids is 1. The van der Waals surface area contributed by atoms with Gasteiger partial charge in [-0.15, -0.1) is 0 Å². The van der Waals surface area contributed by atoms with Crippen molar-refractivity contribution in [3.05, 3.63) is 22.2 Å². The van der Waals surface area contributed by atoms with Gasteiger partial charge >= 0.3 is 0 Å². The van der Waals surface area contributed by atoms with E-state index in [1.165, 1.54) is 6.42 Å². The fourth-order valence-electron chi connectivity index (χ4n) is 2.64. The maximum absolute atomic E-state index is 12.6. The molecule has 1 saturated carbocycles. The second kappa shape index (κ2) is 6.42. The Hall–Kier alpha value is -1.03. The zero-order chi connectivity index (χ0) is 13.8. The van der Waals surface area contributed by atoms with Crippen LogP contribution in [0.4, 0.5) is 0 Å². The number of methoxy groups -OCH3 is 2. The van der Waals surface area contributed by atoms with E-state index in [0.29, 0.717) is 17.1 Å². The van der Waals surface area contributed by atoms with E-state index < -0.39 is 0 Å². The number of benzene rings is 1. The van der Waals surface area contributed by atoms with Crippen LogP contribution in [0.5, 0.6) is 11.5 Å². The lowest BCUT2D eigenvalue weighted by Crippen LogP contribution is -2.18. The predicted molar refractivity (Wildman–Crippen MR) is 78.2 cm³/mol. The molecule has 104 valence electrons. The molecular weight excluding hydrogens is 308 g/mol. The molecule has 0 unspecified atom stereocenters. The maximum Gasteiger partial charge on any atom is 0.169 e. The lowest BCUT2D eigenvalue weighted by atomic mass is 9.83.